The van der Waals surface area contributed by atoms with Crippen molar-refractivity contribution in [3.63, 3.8) is 0 Å². The average molecular weight is 284 g/mol. The third kappa shape index (κ3) is 4.03. The lowest BCUT2D eigenvalue weighted by Crippen LogP contribution is -2.46. The Labute approximate surface area is 117 Å². The van der Waals surface area contributed by atoms with E-state index in [1.165, 1.54) is 0 Å². The summed E-state index contributed by atoms with van der Waals surface area (Å²) < 4.78 is 26.2. The van der Waals surface area contributed by atoms with Crippen molar-refractivity contribution < 1.29 is 8.42 Å². The highest BCUT2D eigenvalue weighted by Crippen LogP contribution is 2.17. The van der Waals surface area contributed by atoms with E-state index in [2.05, 4.69) is 4.90 Å². The molecule has 1 aromatic rings. The third-order valence-corrected chi connectivity index (χ3v) is 5.03. The summed E-state index contributed by atoms with van der Waals surface area (Å²) in [5.41, 5.74) is 1.07. The van der Waals surface area contributed by atoms with Crippen molar-refractivity contribution in [2.45, 2.75) is 25.7 Å². The Kier molecular flexibility index (Phi) is 5.97. The van der Waals surface area contributed by atoms with Gasteiger partial charge in [0.1, 0.15) is 0 Å². The summed E-state index contributed by atoms with van der Waals surface area (Å²) in [7, 11) is -1.29. The molecule has 5 heteroatoms. The molecule has 0 radical (unpaired) electrons. The molecule has 1 aromatic carbocycles. The van der Waals surface area contributed by atoms with Crippen LogP contribution in [0.25, 0.3) is 0 Å². The highest BCUT2D eigenvalue weighted by molar-refractivity contribution is 7.89. The van der Waals surface area contributed by atoms with E-state index in [1.807, 2.05) is 40.0 Å². The van der Waals surface area contributed by atoms with E-state index < -0.39 is 10.0 Å². The van der Waals surface area contributed by atoms with E-state index in [4.69, 9.17) is 0 Å². The topological polar surface area (TPSA) is 40.6 Å². The molecule has 0 N–H and O–H groups in total. The largest absolute Gasteiger partial charge is 0.304 e. The van der Waals surface area contributed by atoms with Crippen LogP contribution in [0.5, 0.6) is 0 Å². The fourth-order valence-corrected chi connectivity index (χ4v) is 3.31. The van der Waals surface area contributed by atoms with Gasteiger partial charge in [-0.3, -0.25) is 0 Å². The lowest BCUT2D eigenvalue weighted by Gasteiger charge is -2.31. The van der Waals surface area contributed by atoms with E-state index in [0.717, 1.165) is 18.7 Å². The average Bonchev–Trinajstić information content (AvgIpc) is 2.42. The number of aryl methyl sites for hydroxylation is 1. The number of sulfonamides is 1. The van der Waals surface area contributed by atoms with Gasteiger partial charge in [-0.1, -0.05) is 31.5 Å². The summed E-state index contributed by atoms with van der Waals surface area (Å²) in [6.45, 7) is 8.70. The number of piperazine rings is 1. The van der Waals surface area contributed by atoms with Gasteiger partial charge in [-0.25, -0.2) is 8.42 Å². The van der Waals surface area contributed by atoms with Crippen LogP contribution < -0.4 is 0 Å². The minimum Gasteiger partial charge on any atom is -0.304 e. The molecular formula is C14H24N2O2S. The molecule has 0 unspecified atom stereocenters. The first kappa shape index (κ1) is 16.1. The molecule has 0 spiro atoms. The predicted molar refractivity (Wildman–Crippen MR) is 78.8 cm³/mol. The predicted octanol–water partition coefficient (Wildman–Crippen LogP) is 1.96. The van der Waals surface area contributed by atoms with E-state index >= 15 is 0 Å². The first-order valence-corrected chi connectivity index (χ1v) is 8.19. The first-order valence-electron chi connectivity index (χ1n) is 6.75. The molecule has 4 nitrogen and oxygen atoms in total. The van der Waals surface area contributed by atoms with E-state index in [9.17, 15) is 8.42 Å². The molecule has 2 rings (SSSR count). The number of hydrogen-bond acceptors (Lipinski definition) is 3. The lowest BCUT2D eigenvalue weighted by molar-refractivity contribution is 0.222. The Bertz CT molecular complexity index is 475. The number of rotatable bonds is 2. The van der Waals surface area contributed by atoms with Crippen LogP contribution >= 0.6 is 0 Å². The minimum atomic E-state index is -3.30. The molecule has 0 aliphatic carbocycles. The highest BCUT2D eigenvalue weighted by Gasteiger charge is 2.26. The maximum atomic E-state index is 12.3. The molecule has 0 aromatic heterocycles. The normalized spacial score (nSPS) is 17.7. The molecule has 0 saturated carbocycles. The molecule has 1 aliphatic rings. The van der Waals surface area contributed by atoms with E-state index in [1.54, 1.807) is 16.4 Å². The molecule has 0 amide bonds. The summed E-state index contributed by atoms with van der Waals surface area (Å²) in [5.74, 6) is 0. The quantitative estimate of drug-likeness (QED) is 0.833. The van der Waals surface area contributed by atoms with Crippen molar-refractivity contribution in [2.75, 3.05) is 33.2 Å². The zero-order valence-electron chi connectivity index (χ0n) is 12.3. The van der Waals surface area contributed by atoms with Gasteiger partial charge in [-0.2, -0.15) is 4.31 Å². The maximum absolute atomic E-state index is 12.3. The molecule has 1 aliphatic heterocycles. The van der Waals surface area contributed by atoms with Gasteiger partial charge in [0.15, 0.2) is 0 Å². The van der Waals surface area contributed by atoms with Gasteiger partial charge in [0.25, 0.3) is 0 Å². The second-order valence-corrected chi connectivity index (χ2v) is 6.46. The Balaban J connectivity index is 0.000000861. The van der Waals surface area contributed by atoms with E-state index in [-0.39, 0.29) is 0 Å². The van der Waals surface area contributed by atoms with Gasteiger partial charge < -0.3 is 4.90 Å². The van der Waals surface area contributed by atoms with Crippen molar-refractivity contribution in [2.24, 2.45) is 0 Å². The Morgan fingerprint density at radius 1 is 0.947 bits per heavy atom. The summed E-state index contributed by atoms with van der Waals surface area (Å²) in [6.07, 6.45) is 0. The lowest BCUT2D eigenvalue weighted by atomic mass is 10.2. The molecule has 1 fully saturated rings. The number of nitrogens with zero attached hydrogens (tertiary/aromatic N) is 2. The summed E-state index contributed by atoms with van der Waals surface area (Å²) in [6, 6.07) is 7.04. The van der Waals surface area contributed by atoms with Crippen molar-refractivity contribution >= 4 is 10.0 Å². The van der Waals surface area contributed by atoms with Gasteiger partial charge in [0.2, 0.25) is 10.0 Å². The van der Waals surface area contributed by atoms with Crippen LogP contribution in [0.3, 0.4) is 0 Å². The second-order valence-electron chi connectivity index (χ2n) is 4.52. The zero-order chi connectivity index (χ0) is 14.5. The fraction of sp³-hybridized carbons (Fsp3) is 0.571. The van der Waals surface area contributed by atoms with Gasteiger partial charge in [0.05, 0.1) is 4.90 Å². The summed E-state index contributed by atoms with van der Waals surface area (Å²) in [5, 5.41) is 0. The molecule has 1 heterocycles. The van der Waals surface area contributed by atoms with Crippen LogP contribution in [0.1, 0.15) is 19.4 Å². The molecular weight excluding hydrogens is 260 g/mol. The minimum absolute atomic E-state index is 0.396. The second kappa shape index (κ2) is 7.03. The smallest absolute Gasteiger partial charge is 0.243 e. The van der Waals surface area contributed by atoms with Crippen LogP contribution in [0, 0.1) is 6.92 Å². The summed E-state index contributed by atoms with van der Waals surface area (Å²) in [4.78, 5) is 2.54. The van der Waals surface area contributed by atoms with Crippen LogP contribution in [0.4, 0.5) is 0 Å². The first-order chi connectivity index (χ1) is 9.00. The van der Waals surface area contributed by atoms with Crippen molar-refractivity contribution in [1.29, 1.82) is 0 Å². The Morgan fingerprint density at radius 3 is 1.89 bits per heavy atom. The van der Waals surface area contributed by atoms with Crippen LogP contribution in [0.15, 0.2) is 29.2 Å². The molecule has 108 valence electrons. The third-order valence-electron chi connectivity index (χ3n) is 3.12. The number of likely N-dealkylation sites (N-methyl/N-ethyl adjacent to an activating group) is 1. The van der Waals surface area contributed by atoms with Gasteiger partial charge >= 0.3 is 0 Å². The maximum Gasteiger partial charge on any atom is 0.243 e. The standard InChI is InChI=1S/C12H18N2O2S.C2H6/c1-11-3-5-12(6-4-11)17(15,16)14-9-7-13(2)8-10-14;1-2/h3-6H,7-10H2,1-2H3;1-2H3. The highest BCUT2D eigenvalue weighted by atomic mass is 32.2. The van der Waals surface area contributed by atoms with Crippen LogP contribution in [-0.2, 0) is 10.0 Å². The summed E-state index contributed by atoms with van der Waals surface area (Å²) >= 11 is 0. The van der Waals surface area contributed by atoms with Crippen molar-refractivity contribution in [3.8, 4) is 0 Å². The SMILES string of the molecule is CC.Cc1ccc(S(=O)(=O)N2CCN(C)CC2)cc1. The molecule has 0 bridgehead atoms. The monoisotopic (exact) mass is 284 g/mol. The van der Waals surface area contributed by atoms with E-state index in [0.29, 0.717) is 18.0 Å². The van der Waals surface area contributed by atoms with Gasteiger partial charge in [0, 0.05) is 26.2 Å². The molecule has 0 atom stereocenters. The van der Waals surface area contributed by atoms with Crippen LogP contribution in [-0.4, -0.2) is 50.8 Å². The number of benzene rings is 1. The molecule has 1 saturated heterocycles. The fourth-order valence-electron chi connectivity index (χ4n) is 1.89. The zero-order valence-corrected chi connectivity index (χ0v) is 13.1. The van der Waals surface area contributed by atoms with Gasteiger partial charge in [-0.15, -0.1) is 0 Å². The Hall–Kier alpha value is -0.910. The van der Waals surface area contributed by atoms with Crippen LogP contribution in [0.2, 0.25) is 0 Å². The van der Waals surface area contributed by atoms with Crippen molar-refractivity contribution in [1.82, 2.24) is 9.21 Å². The van der Waals surface area contributed by atoms with Crippen molar-refractivity contribution in [3.05, 3.63) is 29.8 Å². The number of hydrogen-bond donors (Lipinski definition) is 0. The Morgan fingerprint density at radius 2 is 1.42 bits per heavy atom. The molecule has 19 heavy (non-hydrogen) atoms. The van der Waals surface area contributed by atoms with Gasteiger partial charge in [-0.05, 0) is 26.1 Å².